The summed E-state index contributed by atoms with van der Waals surface area (Å²) in [4.78, 5) is 0. The molecule has 1 heterocycles. The molecule has 1 aromatic carbocycles. The van der Waals surface area contributed by atoms with Gasteiger partial charge in [0.2, 0.25) is 0 Å². The fourth-order valence-electron chi connectivity index (χ4n) is 3.88. The third-order valence-electron chi connectivity index (χ3n) is 4.13. The first-order valence-electron chi connectivity index (χ1n) is 12.5. The van der Waals surface area contributed by atoms with Crippen LogP contribution < -0.4 is 0 Å². The second kappa shape index (κ2) is 16.4. The molecule has 0 saturated carbocycles. The van der Waals surface area contributed by atoms with Crippen molar-refractivity contribution in [2.24, 2.45) is 0 Å². The fraction of sp³-hybridized carbons (Fsp3) is 0.615. The first-order chi connectivity index (χ1) is 15.2. The average molecular weight is 678 g/mol. The summed E-state index contributed by atoms with van der Waals surface area (Å²) in [7, 11) is -4.42. The van der Waals surface area contributed by atoms with E-state index < -0.39 is 32.9 Å². The monoisotopic (exact) mass is 675 g/mol. The van der Waals surface area contributed by atoms with Gasteiger partial charge in [-0.25, -0.2) is 0 Å². The van der Waals surface area contributed by atoms with Crippen LogP contribution in [0.1, 0.15) is 11.4 Å². The van der Waals surface area contributed by atoms with Crippen molar-refractivity contribution < 1.29 is 40.8 Å². The Morgan fingerprint density at radius 3 is 1.20 bits per heavy atom. The molecule has 0 aliphatic heterocycles. The molecule has 0 aliphatic rings. The summed E-state index contributed by atoms with van der Waals surface area (Å²) >= 11 is 0. The Bertz CT molecular complexity index is 746. The molecule has 0 amide bonds. The number of benzene rings is 1. The van der Waals surface area contributed by atoms with E-state index in [2.05, 4.69) is 114 Å². The molecule has 1 aromatic heterocycles. The van der Waals surface area contributed by atoms with Gasteiger partial charge in [-0.15, -0.1) is 12.2 Å². The van der Waals surface area contributed by atoms with E-state index in [-0.39, 0.29) is 40.8 Å². The van der Waals surface area contributed by atoms with Crippen LogP contribution in [0.4, 0.5) is 5.69 Å². The van der Waals surface area contributed by atoms with Gasteiger partial charge in [0, 0.05) is 17.9 Å². The predicted octanol–water partition coefficient (Wildman–Crippen LogP) is 9.87. The van der Waals surface area contributed by atoms with Crippen molar-refractivity contribution in [3.8, 4) is 0 Å². The molecule has 0 unspecified atom stereocenters. The summed E-state index contributed by atoms with van der Waals surface area (Å²) in [6, 6.07) is 14.4. The van der Waals surface area contributed by atoms with Gasteiger partial charge in [0.1, 0.15) is 0 Å². The Balaban J connectivity index is 0. The van der Waals surface area contributed by atoms with Crippen molar-refractivity contribution in [3.05, 3.63) is 68.5 Å². The second-order valence-corrected chi connectivity index (χ2v) is 32.0. The maximum absolute atomic E-state index is 4.82. The van der Waals surface area contributed by atoms with Crippen LogP contribution in [0.2, 0.25) is 78.6 Å². The van der Waals surface area contributed by atoms with Gasteiger partial charge in [0.15, 0.2) is 0 Å². The average Bonchev–Trinajstić information content (AvgIpc) is 2.89. The molecule has 0 aliphatic carbocycles. The summed E-state index contributed by atoms with van der Waals surface area (Å²) in [5.41, 5.74) is 3.67. The van der Waals surface area contributed by atoms with Gasteiger partial charge >= 0.3 is 40.8 Å². The summed E-state index contributed by atoms with van der Waals surface area (Å²) in [5, 5.41) is 4.54. The van der Waals surface area contributed by atoms with Crippen LogP contribution in [0.3, 0.4) is 0 Å². The van der Waals surface area contributed by atoms with Crippen LogP contribution in [0, 0.1) is 54.7 Å². The molecule has 0 bridgehead atoms. The van der Waals surface area contributed by atoms with Crippen LogP contribution in [0.25, 0.3) is 14.6 Å². The molecule has 0 fully saturated rings. The zero-order valence-electron chi connectivity index (χ0n) is 25.2. The van der Waals surface area contributed by atoms with Gasteiger partial charge in [0.25, 0.3) is 0 Å². The van der Waals surface area contributed by atoms with Crippen LogP contribution in [-0.4, -0.2) is 44.1 Å². The van der Waals surface area contributed by atoms with E-state index in [4.69, 9.17) is 9.30 Å². The summed E-state index contributed by atoms with van der Waals surface area (Å²) in [6.45, 7) is 33.6. The van der Waals surface area contributed by atoms with Crippen LogP contribution in [-0.2, 0) is 6.54 Å². The van der Waals surface area contributed by atoms with Crippen molar-refractivity contribution in [2.75, 3.05) is 6.54 Å². The van der Waals surface area contributed by atoms with E-state index in [1.165, 1.54) is 11.4 Å². The summed E-state index contributed by atoms with van der Waals surface area (Å²) in [5.74, 6) is 0. The molecule has 197 valence electrons. The number of hydrogen-bond donors (Lipinski definition) is 0. The molecule has 35 heavy (non-hydrogen) atoms. The minimum absolute atomic E-state index is 0. The Morgan fingerprint density at radius 2 is 0.914 bits per heavy atom. The summed E-state index contributed by atoms with van der Waals surface area (Å²) in [6.07, 6.45) is 0. The molecular weight excluding hydrogens is 625 g/mol. The Labute approximate surface area is 255 Å². The van der Waals surface area contributed by atoms with E-state index in [1.807, 2.05) is 30.3 Å². The quantitative estimate of drug-likeness (QED) is 0.250. The van der Waals surface area contributed by atoms with Crippen molar-refractivity contribution in [1.82, 2.24) is 4.57 Å². The third kappa shape index (κ3) is 23.3. The molecule has 0 N–H and O–H groups in total. The molecule has 0 spiro atoms. The fourth-order valence-corrected chi connectivity index (χ4v) is 20.0. The van der Waals surface area contributed by atoms with E-state index in [0.29, 0.717) is 0 Å². The Morgan fingerprint density at radius 1 is 0.571 bits per heavy atom. The summed E-state index contributed by atoms with van der Waals surface area (Å²) < 4.78 is 11.9. The number of para-hydroxylation sites is 1. The number of aryl methyl sites for hydroxylation is 2. The zero-order chi connectivity index (χ0) is 26.8. The first kappa shape index (κ1) is 37.6. The van der Waals surface area contributed by atoms with Gasteiger partial charge < -0.3 is 19.2 Å². The van der Waals surface area contributed by atoms with Gasteiger partial charge in [-0.2, -0.15) is 0 Å². The second-order valence-electron chi connectivity index (χ2n) is 12.9. The molecule has 4 nitrogen and oxygen atoms in total. The molecule has 2 rings (SSSR count). The van der Waals surface area contributed by atoms with Gasteiger partial charge in [-0.3, -0.25) is 0 Å². The number of rotatable bonds is 8. The normalized spacial score (nSPS) is 11.9. The molecule has 1 radical (unpaired) electrons. The van der Waals surface area contributed by atoms with Crippen molar-refractivity contribution in [3.63, 3.8) is 0 Å². The van der Waals surface area contributed by atoms with E-state index in [1.54, 1.807) is 0 Å². The largest absolute Gasteiger partial charge is 3.00 e. The van der Waals surface area contributed by atoms with Crippen molar-refractivity contribution >= 4 is 38.6 Å². The number of nitrogens with zero attached hydrogens (tertiary/aromatic N) is 4. The number of aromatic nitrogens is 1. The Kier molecular flexibility index (Phi) is 17.6. The minimum Gasteiger partial charge on any atom is -0.683 e. The predicted molar refractivity (Wildman–Crippen MR) is 168 cm³/mol. The van der Waals surface area contributed by atoms with Crippen molar-refractivity contribution in [1.29, 1.82) is 0 Å². The maximum atomic E-state index is 4.82. The number of hydrogen-bond acceptors (Lipinski definition) is 0. The molecule has 0 atom stereocenters. The molecule has 0 saturated heterocycles. The van der Waals surface area contributed by atoms with E-state index in [9.17, 15) is 0 Å². The minimum atomic E-state index is -1.11. The van der Waals surface area contributed by atoms with Gasteiger partial charge in [-0.05, 0) is 26.0 Å². The van der Waals surface area contributed by atoms with Gasteiger partial charge in [-0.1, -0.05) is 142 Å². The van der Waals surface area contributed by atoms with Crippen LogP contribution in [0.15, 0.2) is 42.5 Å². The first-order valence-corrected chi connectivity index (χ1v) is 26.3. The smallest absolute Gasteiger partial charge is 0.683 e. The van der Waals surface area contributed by atoms with Gasteiger partial charge in [0.05, 0.1) is 0 Å². The Hall–Kier alpha value is 0.438. The SMILES string of the molecule is C[Si](C)(C)[N-][Si](C)(C)C.C[Si](C)(C)[N-][Si](C)(C)C.Cc1ccc(C)n1CC[N-]c1ccccc1.[Nd+3]. The molecular formula is C26H53N4NdSi4. The van der Waals surface area contributed by atoms with Crippen LogP contribution >= 0.6 is 0 Å². The third-order valence-corrected chi connectivity index (χ3v) is 14.9. The van der Waals surface area contributed by atoms with E-state index in [0.717, 1.165) is 18.8 Å². The van der Waals surface area contributed by atoms with Crippen molar-refractivity contribution in [2.45, 2.75) is 99.0 Å². The van der Waals surface area contributed by atoms with Crippen LogP contribution in [0.5, 0.6) is 0 Å². The molecule has 2 aromatic rings. The topological polar surface area (TPSA) is 47.2 Å². The maximum Gasteiger partial charge on any atom is 3.00 e. The standard InChI is InChI=1S/C14H17N2.2C6H18NSi2.Nd/c1-12-8-9-13(2)16(12)11-10-15-14-6-4-3-5-7-14;2*1-8(2,3)7-9(4,5)6;/h3-9H,10-11H2,1-2H3;2*1-6H3;/q3*-1;+3. The molecule has 9 heteroatoms. The van der Waals surface area contributed by atoms with E-state index >= 15 is 0 Å². The zero-order valence-corrected chi connectivity index (χ0v) is 32.5.